The Labute approximate surface area is 118 Å². The van der Waals surface area contributed by atoms with Crippen LogP contribution < -0.4 is 0 Å². The summed E-state index contributed by atoms with van der Waals surface area (Å²) in [6, 6.07) is 8.77. The molecule has 2 aromatic rings. The number of carbonyl (C=O) groups excluding carboxylic acids is 2. The molecule has 4 nitrogen and oxygen atoms in total. The van der Waals surface area contributed by atoms with Crippen LogP contribution in [0.3, 0.4) is 0 Å². The molecule has 92 valence electrons. The molecule has 0 aliphatic heterocycles. The summed E-state index contributed by atoms with van der Waals surface area (Å²) in [6.07, 6.45) is 1.54. The van der Waals surface area contributed by atoms with Crippen LogP contribution >= 0.6 is 22.6 Å². The summed E-state index contributed by atoms with van der Waals surface area (Å²) in [6.45, 7) is 0. The largest absolute Gasteiger partial charge is 0.294 e. The first-order valence-corrected chi connectivity index (χ1v) is 6.46. The van der Waals surface area contributed by atoms with Gasteiger partial charge in [-0.1, -0.05) is 12.1 Å². The van der Waals surface area contributed by atoms with Gasteiger partial charge >= 0.3 is 0 Å². The standard InChI is InChI=1S/C13H11IN2O2/c1-16-7-6-11(15-16)13(18)8-12(17)9-2-4-10(14)5-3-9/h2-7H,8H2,1H3. The molecule has 0 atom stereocenters. The summed E-state index contributed by atoms with van der Waals surface area (Å²) in [4.78, 5) is 23.7. The van der Waals surface area contributed by atoms with Crippen molar-refractivity contribution in [3.05, 3.63) is 51.4 Å². The van der Waals surface area contributed by atoms with Gasteiger partial charge in [-0.2, -0.15) is 5.10 Å². The van der Waals surface area contributed by atoms with Crippen molar-refractivity contribution in [2.45, 2.75) is 6.42 Å². The highest BCUT2D eigenvalue weighted by Gasteiger charge is 2.15. The lowest BCUT2D eigenvalue weighted by Crippen LogP contribution is -2.09. The van der Waals surface area contributed by atoms with Crippen LogP contribution in [-0.2, 0) is 7.05 Å². The predicted octanol–water partition coefficient (Wildman–Crippen LogP) is 2.48. The lowest BCUT2D eigenvalue weighted by atomic mass is 10.1. The maximum atomic E-state index is 11.9. The number of Topliss-reactive ketones (excluding diaryl/α,β-unsaturated/α-hetero) is 2. The van der Waals surface area contributed by atoms with Gasteiger partial charge in [0.15, 0.2) is 11.6 Å². The summed E-state index contributed by atoms with van der Waals surface area (Å²) in [7, 11) is 1.73. The molecule has 0 aliphatic rings. The molecular formula is C13H11IN2O2. The molecule has 1 aromatic heterocycles. The van der Waals surface area contributed by atoms with Crippen molar-refractivity contribution in [3.8, 4) is 0 Å². The first-order chi connectivity index (χ1) is 8.56. The summed E-state index contributed by atoms with van der Waals surface area (Å²) < 4.78 is 2.60. The van der Waals surface area contributed by atoms with Crippen LogP contribution in [0.4, 0.5) is 0 Å². The zero-order chi connectivity index (χ0) is 13.1. The van der Waals surface area contributed by atoms with Crippen LogP contribution in [0.15, 0.2) is 36.5 Å². The van der Waals surface area contributed by atoms with Crippen molar-refractivity contribution in [2.24, 2.45) is 7.05 Å². The maximum absolute atomic E-state index is 11.9. The Hall–Kier alpha value is -1.50. The van der Waals surface area contributed by atoms with E-state index >= 15 is 0 Å². The van der Waals surface area contributed by atoms with Gasteiger partial charge in [0.25, 0.3) is 0 Å². The van der Waals surface area contributed by atoms with Crippen molar-refractivity contribution < 1.29 is 9.59 Å². The quantitative estimate of drug-likeness (QED) is 0.482. The molecule has 18 heavy (non-hydrogen) atoms. The second kappa shape index (κ2) is 5.43. The molecule has 0 N–H and O–H groups in total. The molecule has 0 saturated heterocycles. The number of nitrogens with zero attached hydrogens (tertiary/aromatic N) is 2. The van der Waals surface area contributed by atoms with E-state index in [1.807, 2.05) is 12.1 Å². The van der Waals surface area contributed by atoms with Crippen molar-refractivity contribution in [2.75, 3.05) is 0 Å². The van der Waals surface area contributed by atoms with E-state index in [0.717, 1.165) is 3.57 Å². The van der Waals surface area contributed by atoms with Crippen molar-refractivity contribution in [1.29, 1.82) is 0 Å². The second-order valence-corrected chi connectivity index (χ2v) is 5.15. The third-order valence-corrected chi connectivity index (χ3v) is 3.21. The third-order valence-electron chi connectivity index (χ3n) is 2.49. The fourth-order valence-electron chi connectivity index (χ4n) is 1.54. The fraction of sp³-hybridized carbons (Fsp3) is 0.154. The van der Waals surface area contributed by atoms with E-state index in [-0.39, 0.29) is 18.0 Å². The molecule has 1 aromatic carbocycles. The number of halogens is 1. The number of hydrogen-bond acceptors (Lipinski definition) is 3. The summed E-state index contributed by atoms with van der Waals surface area (Å²) in [5, 5.41) is 3.99. The normalized spacial score (nSPS) is 10.3. The average molecular weight is 354 g/mol. The van der Waals surface area contributed by atoms with E-state index in [1.54, 1.807) is 36.1 Å². The van der Waals surface area contributed by atoms with Gasteiger partial charge in [-0.05, 0) is 40.8 Å². The third kappa shape index (κ3) is 3.04. The Morgan fingerprint density at radius 2 is 1.83 bits per heavy atom. The number of aromatic nitrogens is 2. The molecule has 1 heterocycles. The number of aryl methyl sites for hydroxylation is 1. The maximum Gasteiger partial charge on any atom is 0.190 e. The van der Waals surface area contributed by atoms with Crippen molar-refractivity contribution in [3.63, 3.8) is 0 Å². The summed E-state index contributed by atoms with van der Waals surface area (Å²) in [5.41, 5.74) is 0.885. The van der Waals surface area contributed by atoms with Gasteiger partial charge in [0.05, 0.1) is 6.42 Å². The van der Waals surface area contributed by atoms with Crippen LogP contribution in [0.5, 0.6) is 0 Å². The molecule has 0 fully saturated rings. The number of benzene rings is 1. The van der Waals surface area contributed by atoms with Gasteiger partial charge in [-0.3, -0.25) is 14.3 Å². The molecule has 0 unspecified atom stereocenters. The zero-order valence-corrected chi connectivity index (χ0v) is 11.9. The van der Waals surface area contributed by atoms with Crippen LogP contribution in [0, 0.1) is 3.57 Å². The molecule has 0 saturated carbocycles. The fourth-order valence-corrected chi connectivity index (χ4v) is 1.90. The first kappa shape index (κ1) is 12.9. The molecule has 0 radical (unpaired) electrons. The zero-order valence-electron chi connectivity index (χ0n) is 9.76. The number of carbonyl (C=O) groups is 2. The van der Waals surface area contributed by atoms with Gasteiger partial charge in [0.2, 0.25) is 0 Å². The topological polar surface area (TPSA) is 52.0 Å². The highest BCUT2D eigenvalue weighted by molar-refractivity contribution is 14.1. The highest BCUT2D eigenvalue weighted by Crippen LogP contribution is 2.10. The van der Waals surface area contributed by atoms with Crippen LogP contribution in [0.2, 0.25) is 0 Å². The number of rotatable bonds is 4. The number of ketones is 2. The Morgan fingerprint density at radius 3 is 2.39 bits per heavy atom. The van der Waals surface area contributed by atoms with E-state index in [0.29, 0.717) is 11.3 Å². The summed E-state index contributed by atoms with van der Waals surface area (Å²) in [5.74, 6) is -0.429. The monoisotopic (exact) mass is 354 g/mol. The minimum atomic E-state index is -0.251. The average Bonchev–Trinajstić information content (AvgIpc) is 2.76. The Kier molecular flexibility index (Phi) is 3.90. The molecular weight excluding hydrogens is 343 g/mol. The van der Waals surface area contributed by atoms with Crippen molar-refractivity contribution >= 4 is 34.2 Å². The Balaban J connectivity index is 2.08. The minimum Gasteiger partial charge on any atom is -0.294 e. The highest BCUT2D eigenvalue weighted by atomic mass is 127. The predicted molar refractivity (Wildman–Crippen MR) is 75.6 cm³/mol. The van der Waals surface area contributed by atoms with E-state index in [2.05, 4.69) is 27.7 Å². The lowest BCUT2D eigenvalue weighted by molar-refractivity contribution is 0.0891. The SMILES string of the molecule is Cn1ccc(C(=O)CC(=O)c2ccc(I)cc2)n1. The molecule has 2 rings (SSSR count). The molecule has 0 amide bonds. The minimum absolute atomic E-state index is 0.141. The molecule has 0 bridgehead atoms. The first-order valence-electron chi connectivity index (χ1n) is 5.38. The smallest absolute Gasteiger partial charge is 0.190 e. The Morgan fingerprint density at radius 1 is 1.17 bits per heavy atom. The van der Waals surface area contributed by atoms with Gasteiger partial charge in [0, 0.05) is 22.4 Å². The van der Waals surface area contributed by atoms with Crippen LogP contribution in [0.25, 0.3) is 0 Å². The van der Waals surface area contributed by atoms with Crippen LogP contribution in [-0.4, -0.2) is 21.3 Å². The van der Waals surface area contributed by atoms with E-state index in [9.17, 15) is 9.59 Å². The number of hydrogen-bond donors (Lipinski definition) is 0. The molecule has 0 spiro atoms. The van der Waals surface area contributed by atoms with Gasteiger partial charge < -0.3 is 0 Å². The molecule has 0 aliphatic carbocycles. The van der Waals surface area contributed by atoms with Gasteiger partial charge in [-0.25, -0.2) is 0 Å². The van der Waals surface area contributed by atoms with Gasteiger partial charge in [-0.15, -0.1) is 0 Å². The van der Waals surface area contributed by atoms with E-state index in [1.165, 1.54) is 0 Å². The van der Waals surface area contributed by atoms with Crippen LogP contribution in [0.1, 0.15) is 27.3 Å². The second-order valence-electron chi connectivity index (χ2n) is 3.90. The Bertz CT molecular complexity index is 587. The van der Waals surface area contributed by atoms with E-state index in [4.69, 9.17) is 0 Å². The lowest BCUT2D eigenvalue weighted by Gasteiger charge is -1.99. The van der Waals surface area contributed by atoms with E-state index < -0.39 is 0 Å². The van der Waals surface area contributed by atoms with Gasteiger partial charge in [0.1, 0.15) is 5.69 Å². The molecule has 5 heteroatoms. The summed E-state index contributed by atoms with van der Waals surface area (Å²) >= 11 is 2.17. The van der Waals surface area contributed by atoms with Crippen molar-refractivity contribution in [1.82, 2.24) is 9.78 Å².